The fourth-order valence-electron chi connectivity index (χ4n) is 2.51. The Morgan fingerprint density at radius 1 is 0.727 bits per heavy atom. The summed E-state index contributed by atoms with van der Waals surface area (Å²) in [5, 5.41) is 26.8. The Hall–Kier alpha value is -1.59. The number of carboxylic acids is 3. The first-order valence-electron chi connectivity index (χ1n) is 8.05. The average Bonchev–Trinajstić information content (AvgIpc) is 2.43. The third kappa shape index (κ3) is 10.2. The maximum absolute atomic E-state index is 11.2. The van der Waals surface area contributed by atoms with Gasteiger partial charge in [0.1, 0.15) is 0 Å². The van der Waals surface area contributed by atoms with Crippen LogP contribution in [0.25, 0.3) is 0 Å². The molecule has 2 atom stereocenters. The van der Waals surface area contributed by atoms with Crippen molar-refractivity contribution < 1.29 is 29.7 Å². The first-order valence-corrected chi connectivity index (χ1v) is 8.05. The second kappa shape index (κ2) is 12.0. The van der Waals surface area contributed by atoms with E-state index in [1.807, 2.05) is 0 Å². The van der Waals surface area contributed by atoms with Gasteiger partial charge in [0.15, 0.2) is 0 Å². The summed E-state index contributed by atoms with van der Waals surface area (Å²) in [6, 6.07) is 0. The minimum absolute atomic E-state index is 0.0961. The molecule has 6 nitrogen and oxygen atoms in total. The lowest BCUT2D eigenvalue weighted by Gasteiger charge is -2.14. The Balaban J connectivity index is 4.13. The van der Waals surface area contributed by atoms with Gasteiger partial charge in [0.05, 0.1) is 11.8 Å². The van der Waals surface area contributed by atoms with E-state index < -0.39 is 29.7 Å². The quantitative estimate of drug-likeness (QED) is 0.423. The molecule has 6 heteroatoms. The van der Waals surface area contributed by atoms with Gasteiger partial charge in [0.25, 0.3) is 0 Å². The van der Waals surface area contributed by atoms with Crippen molar-refractivity contribution in [2.24, 2.45) is 11.8 Å². The monoisotopic (exact) mass is 316 g/mol. The van der Waals surface area contributed by atoms with Crippen molar-refractivity contribution in [1.82, 2.24) is 0 Å². The van der Waals surface area contributed by atoms with E-state index in [0.29, 0.717) is 25.7 Å². The Morgan fingerprint density at radius 2 is 1.23 bits per heavy atom. The molecule has 0 aliphatic rings. The summed E-state index contributed by atoms with van der Waals surface area (Å²) in [6.07, 6.45) is 5.95. The normalized spacial score (nSPS) is 13.5. The molecule has 0 rings (SSSR count). The molecule has 0 saturated heterocycles. The highest BCUT2D eigenvalue weighted by atomic mass is 16.4. The molecule has 0 heterocycles. The van der Waals surface area contributed by atoms with E-state index in [1.54, 1.807) is 0 Å². The van der Waals surface area contributed by atoms with Gasteiger partial charge < -0.3 is 15.3 Å². The van der Waals surface area contributed by atoms with Crippen LogP contribution in [0.5, 0.6) is 0 Å². The van der Waals surface area contributed by atoms with E-state index in [2.05, 4.69) is 6.92 Å². The number of carbonyl (C=O) groups is 3. The van der Waals surface area contributed by atoms with Crippen LogP contribution in [0, 0.1) is 11.8 Å². The molecule has 0 spiro atoms. The number of hydrogen-bond donors (Lipinski definition) is 3. The Labute approximate surface area is 131 Å². The maximum atomic E-state index is 11.2. The van der Waals surface area contributed by atoms with E-state index in [-0.39, 0.29) is 12.8 Å². The molecule has 128 valence electrons. The predicted octanol–water partition coefficient (Wildman–Crippen LogP) is 3.39. The first kappa shape index (κ1) is 20.4. The number of aliphatic carboxylic acids is 3. The molecule has 0 bridgehead atoms. The van der Waals surface area contributed by atoms with Gasteiger partial charge in [-0.1, -0.05) is 39.0 Å². The van der Waals surface area contributed by atoms with Crippen LogP contribution in [0.4, 0.5) is 0 Å². The van der Waals surface area contributed by atoms with Gasteiger partial charge in [0, 0.05) is 6.42 Å². The fraction of sp³-hybridized carbons (Fsp3) is 0.812. The summed E-state index contributed by atoms with van der Waals surface area (Å²) in [6.45, 7) is 2.10. The first-order chi connectivity index (χ1) is 10.4. The van der Waals surface area contributed by atoms with Crippen LogP contribution in [0.1, 0.15) is 71.1 Å². The highest BCUT2D eigenvalue weighted by Crippen LogP contribution is 2.21. The lowest BCUT2D eigenvalue weighted by Crippen LogP contribution is -2.17. The van der Waals surface area contributed by atoms with Crippen LogP contribution < -0.4 is 0 Å². The van der Waals surface area contributed by atoms with E-state index in [4.69, 9.17) is 10.2 Å². The summed E-state index contributed by atoms with van der Waals surface area (Å²) < 4.78 is 0. The zero-order chi connectivity index (χ0) is 17.0. The molecule has 0 fully saturated rings. The topological polar surface area (TPSA) is 112 Å². The largest absolute Gasteiger partial charge is 0.481 e. The van der Waals surface area contributed by atoms with Crippen LogP contribution >= 0.6 is 0 Å². The van der Waals surface area contributed by atoms with Crippen LogP contribution in [0.15, 0.2) is 0 Å². The van der Waals surface area contributed by atoms with Crippen LogP contribution in [-0.2, 0) is 14.4 Å². The van der Waals surface area contributed by atoms with Crippen LogP contribution in [0.2, 0.25) is 0 Å². The molecule has 0 aliphatic heterocycles. The molecule has 0 aliphatic carbocycles. The number of unbranched alkanes of at least 4 members (excludes halogenated alkanes) is 3. The minimum Gasteiger partial charge on any atom is -0.481 e. The molecule has 0 aromatic rings. The molecule has 0 aromatic heterocycles. The molecule has 0 aromatic carbocycles. The van der Waals surface area contributed by atoms with Crippen LogP contribution in [0.3, 0.4) is 0 Å². The standard InChI is InChI=1S/C16H28O6/c1-2-3-4-5-7-12(15(19)20)8-6-9-13(16(21)22)10-11-14(17)18/h12-13H,2-11H2,1H3,(H,17,18)(H,19,20)(H,21,22). The molecule has 2 unspecified atom stereocenters. The van der Waals surface area contributed by atoms with Crippen molar-refractivity contribution in [1.29, 1.82) is 0 Å². The summed E-state index contributed by atoms with van der Waals surface area (Å²) >= 11 is 0. The lowest BCUT2D eigenvalue weighted by molar-refractivity contribution is -0.143. The molecular weight excluding hydrogens is 288 g/mol. The second-order valence-corrected chi connectivity index (χ2v) is 5.78. The highest BCUT2D eigenvalue weighted by Gasteiger charge is 2.21. The number of carboxylic acid groups (broad SMARTS) is 3. The number of hydrogen-bond acceptors (Lipinski definition) is 3. The Bertz CT molecular complexity index is 353. The zero-order valence-electron chi connectivity index (χ0n) is 13.3. The lowest BCUT2D eigenvalue weighted by atomic mass is 9.91. The van der Waals surface area contributed by atoms with E-state index in [0.717, 1.165) is 25.7 Å². The summed E-state index contributed by atoms with van der Waals surface area (Å²) in [5.74, 6) is -3.97. The molecule has 3 N–H and O–H groups in total. The van der Waals surface area contributed by atoms with E-state index >= 15 is 0 Å². The van der Waals surface area contributed by atoms with Crippen molar-refractivity contribution in [3.8, 4) is 0 Å². The average molecular weight is 316 g/mol. The van der Waals surface area contributed by atoms with Gasteiger partial charge in [-0.3, -0.25) is 14.4 Å². The second-order valence-electron chi connectivity index (χ2n) is 5.78. The van der Waals surface area contributed by atoms with Gasteiger partial charge in [-0.05, 0) is 25.7 Å². The van der Waals surface area contributed by atoms with Crippen molar-refractivity contribution >= 4 is 17.9 Å². The molecule has 0 amide bonds. The van der Waals surface area contributed by atoms with Crippen molar-refractivity contribution in [2.75, 3.05) is 0 Å². The smallest absolute Gasteiger partial charge is 0.306 e. The van der Waals surface area contributed by atoms with Gasteiger partial charge >= 0.3 is 17.9 Å². The van der Waals surface area contributed by atoms with Crippen molar-refractivity contribution in [3.05, 3.63) is 0 Å². The maximum Gasteiger partial charge on any atom is 0.306 e. The minimum atomic E-state index is -1.01. The SMILES string of the molecule is CCCCCCC(CCCC(CCC(=O)O)C(=O)O)C(=O)O. The van der Waals surface area contributed by atoms with Gasteiger partial charge in [-0.2, -0.15) is 0 Å². The third-order valence-electron chi connectivity index (χ3n) is 3.92. The summed E-state index contributed by atoms with van der Waals surface area (Å²) in [4.78, 5) is 32.7. The van der Waals surface area contributed by atoms with Gasteiger partial charge in [0.2, 0.25) is 0 Å². The van der Waals surface area contributed by atoms with E-state index in [1.165, 1.54) is 0 Å². The number of rotatable bonds is 14. The van der Waals surface area contributed by atoms with Crippen molar-refractivity contribution in [2.45, 2.75) is 71.1 Å². The molecule has 0 saturated carbocycles. The fourth-order valence-corrected chi connectivity index (χ4v) is 2.51. The highest BCUT2D eigenvalue weighted by molar-refractivity contribution is 5.72. The zero-order valence-corrected chi connectivity index (χ0v) is 13.3. The summed E-state index contributed by atoms with van der Waals surface area (Å²) in [5.41, 5.74) is 0. The van der Waals surface area contributed by atoms with Gasteiger partial charge in [-0.25, -0.2) is 0 Å². The van der Waals surface area contributed by atoms with E-state index in [9.17, 15) is 19.5 Å². The van der Waals surface area contributed by atoms with Crippen molar-refractivity contribution in [3.63, 3.8) is 0 Å². The third-order valence-corrected chi connectivity index (χ3v) is 3.92. The summed E-state index contributed by atoms with van der Waals surface area (Å²) in [7, 11) is 0. The molecule has 0 radical (unpaired) electrons. The van der Waals surface area contributed by atoms with Crippen LogP contribution in [-0.4, -0.2) is 33.2 Å². The Morgan fingerprint density at radius 3 is 1.68 bits per heavy atom. The van der Waals surface area contributed by atoms with Gasteiger partial charge in [-0.15, -0.1) is 0 Å². The molecular formula is C16H28O6. The molecule has 22 heavy (non-hydrogen) atoms. The predicted molar refractivity (Wildman–Crippen MR) is 81.7 cm³/mol. The Kier molecular flexibility index (Phi) is 11.1.